The van der Waals surface area contributed by atoms with Crippen LogP contribution < -0.4 is 153 Å². The molecule has 0 aliphatic heterocycles. The summed E-state index contributed by atoms with van der Waals surface area (Å²) in [5, 5.41) is 115. The molecule has 0 radical (unpaired) electrons. The monoisotopic (exact) mass is 1460 g/mol. The van der Waals surface area contributed by atoms with Crippen molar-refractivity contribution < 1.29 is 47.9 Å². The molecular formula is C56H113N37O10. The van der Waals surface area contributed by atoms with E-state index in [2.05, 4.69) is 95.7 Å². The maximum Gasteiger partial charge on any atom is 0.243 e. The van der Waals surface area contributed by atoms with Gasteiger partial charge < -0.3 is 153 Å². The minimum absolute atomic E-state index is 0.00297. The van der Waals surface area contributed by atoms with Gasteiger partial charge >= 0.3 is 0 Å². The molecule has 10 amide bonds. The lowest BCUT2D eigenvalue weighted by molar-refractivity contribution is -0.136. The van der Waals surface area contributed by atoms with Crippen molar-refractivity contribution >= 4 is 113 Å². The van der Waals surface area contributed by atoms with Gasteiger partial charge in [-0.2, -0.15) is 0 Å². The van der Waals surface area contributed by atoms with Crippen LogP contribution in [0.3, 0.4) is 0 Å². The highest BCUT2D eigenvalue weighted by molar-refractivity contribution is 5.99. The Balaban J connectivity index is 7.78. The van der Waals surface area contributed by atoms with E-state index in [0.29, 0.717) is 0 Å². The number of hydrogen-bond acceptors (Lipinski definition) is 19. The van der Waals surface area contributed by atoms with Crippen LogP contribution in [0, 0.1) is 48.7 Å². The predicted octanol–water partition coefficient (Wildman–Crippen LogP) is -11.8. The van der Waals surface area contributed by atoms with Crippen LogP contribution in [0.5, 0.6) is 0 Å². The van der Waals surface area contributed by atoms with Crippen molar-refractivity contribution in [2.75, 3.05) is 58.9 Å². The highest BCUT2D eigenvalue weighted by Crippen LogP contribution is 2.11. The highest BCUT2D eigenvalue weighted by Gasteiger charge is 2.36. The molecule has 0 aromatic carbocycles. The summed E-state index contributed by atoms with van der Waals surface area (Å²) in [5.74, 6) is -12.7. The summed E-state index contributed by atoms with van der Waals surface area (Å²) in [4.78, 5) is 141. The topological polar surface area (TPSA) is 862 Å². The first-order valence-electron chi connectivity index (χ1n) is 33.2. The van der Waals surface area contributed by atoms with Gasteiger partial charge in [-0.15, -0.1) is 0 Å². The number of nitrogens with two attached hydrogens (primary N) is 10. The van der Waals surface area contributed by atoms with E-state index in [9.17, 15) is 47.9 Å². The molecule has 0 aliphatic rings. The fraction of sp³-hybridized carbons (Fsp3) is 0.661. The van der Waals surface area contributed by atoms with Gasteiger partial charge in [0.25, 0.3) is 0 Å². The minimum atomic E-state index is -1.59. The second-order valence-electron chi connectivity index (χ2n) is 23.5. The molecule has 582 valence electrons. The summed E-state index contributed by atoms with van der Waals surface area (Å²) in [6, 6.07) is -13.1. The summed E-state index contributed by atoms with van der Waals surface area (Å²) in [7, 11) is 0. The van der Waals surface area contributed by atoms with Crippen LogP contribution in [0.2, 0.25) is 0 Å². The summed E-state index contributed by atoms with van der Waals surface area (Å²) >= 11 is 0. The summed E-state index contributed by atoms with van der Waals surface area (Å²) in [6.07, 6.45) is -0.539. The molecule has 9 atom stereocenters. The number of nitrogens with one attached hydrogen (secondary N) is 27. The molecule has 0 unspecified atom stereocenters. The number of primary amides is 1. The molecule has 47 nitrogen and oxygen atoms in total. The van der Waals surface area contributed by atoms with Gasteiger partial charge in [0.2, 0.25) is 59.1 Å². The minimum Gasteiger partial charge on any atom is -0.370 e. The zero-order valence-electron chi connectivity index (χ0n) is 58.1. The third-order valence-electron chi connectivity index (χ3n) is 14.7. The largest absolute Gasteiger partial charge is 0.370 e. The molecule has 0 spiro atoms. The van der Waals surface area contributed by atoms with Gasteiger partial charge in [0, 0.05) is 65.8 Å². The third kappa shape index (κ3) is 46.2. The van der Waals surface area contributed by atoms with Crippen LogP contribution in [0.4, 0.5) is 0 Å². The number of hydrogen-bond donors (Lipinski definition) is 37. The Morgan fingerprint density at radius 3 is 0.447 bits per heavy atom. The molecule has 0 bridgehead atoms. The summed E-state index contributed by atoms with van der Waals surface area (Å²) in [5.41, 5.74) is 55.0. The van der Waals surface area contributed by atoms with Gasteiger partial charge in [0.1, 0.15) is 54.4 Å². The fourth-order valence-corrected chi connectivity index (χ4v) is 9.62. The number of guanidine groups is 9. The van der Waals surface area contributed by atoms with Crippen molar-refractivity contribution in [2.45, 2.75) is 177 Å². The standard InChI is InChI=1S/C56H113N37O10/c1-29(94)85-31(12-3-21-77-49(60)61)40(96)87-33(14-5-23-79-51(64)65)42(98)89-35(16-7-25-81-53(68)69)44(100)91-37(18-9-27-83-55(72)73)46(102)93-38(19-10-28-84-56(74)75)47(103)92-36(17-8-26-82-54(70)71)45(101)90-34(15-6-24-80-52(66)67)43(99)88-32(13-4-22-78-50(62)63)41(97)86-30(39(57)95)11-2-20-76-48(58)59/h30-38H,2-28H2,1H3,(H2,57,95)(H,85,94)(H,86,97)(H,87,96)(H,88,99)(H,89,98)(H,90,101)(H,91,100)(H,92,103)(H,93,102)(H4,58,59,76)(H4,60,61,77)(H4,62,63,78)(H4,64,65,79)(H4,66,67,80)(H4,68,69,81)(H4,70,71,82)(H4,72,73,83)(H4,74,75,84)/t30-,31-,32-,33-,34-,35-,36-,37-,38-/m0/s1. The fourth-order valence-electron chi connectivity index (χ4n) is 9.62. The van der Waals surface area contributed by atoms with Gasteiger partial charge in [-0.3, -0.25) is 96.6 Å². The van der Waals surface area contributed by atoms with Crippen LogP contribution >= 0.6 is 0 Å². The number of carbonyl (C=O) groups excluding carboxylic acids is 10. The maximum atomic E-state index is 14.8. The Kier molecular flexibility index (Phi) is 46.2. The molecule has 0 aliphatic carbocycles. The van der Waals surface area contributed by atoms with Crippen molar-refractivity contribution in [1.29, 1.82) is 48.7 Å². The Labute approximate surface area is 596 Å². The van der Waals surface area contributed by atoms with E-state index in [1.54, 1.807) is 0 Å². The average molecular weight is 1460 g/mol. The van der Waals surface area contributed by atoms with E-state index in [4.69, 9.17) is 106 Å². The number of rotatable bonds is 54. The van der Waals surface area contributed by atoms with Gasteiger partial charge in [-0.05, 0) is 116 Å². The van der Waals surface area contributed by atoms with Crippen LogP contribution in [-0.2, 0) is 47.9 Å². The first-order chi connectivity index (χ1) is 48.5. The molecule has 0 fully saturated rings. The lowest BCUT2D eigenvalue weighted by atomic mass is 10.0. The quantitative estimate of drug-likeness (QED) is 0.0153. The Morgan fingerprint density at radius 2 is 0.330 bits per heavy atom. The van der Waals surface area contributed by atoms with E-state index in [1.807, 2.05) is 0 Å². The molecule has 0 rings (SSSR count). The molecule has 0 aromatic rings. The molecular weight excluding hydrogens is 1350 g/mol. The SMILES string of the molecule is CC(=O)N[C@@H](CCCNC(=N)N)C(=O)N[C@@H](CCCNC(=N)N)C(=O)N[C@@H](CCCNC(=N)N)C(=O)N[C@@H](CCCNC(=N)N)C(=O)N[C@@H](CCCNC(=N)N)C(=O)N[C@@H](CCCNC(=N)N)C(=O)N[C@@H](CCCNC(=N)N)C(=O)N[C@@H](CCCNC(=N)N)C(=O)N[C@@H](CCCNC(=N)N)C(N)=O. The summed E-state index contributed by atoms with van der Waals surface area (Å²) < 4.78 is 0. The molecule has 0 heterocycles. The first-order valence-corrected chi connectivity index (χ1v) is 33.2. The average Bonchev–Trinajstić information content (AvgIpc) is 0.866. The Morgan fingerprint density at radius 1 is 0.214 bits per heavy atom. The van der Waals surface area contributed by atoms with E-state index < -0.39 is 149 Å². The lowest BCUT2D eigenvalue weighted by Gasteiger charge is -2.29. The van der Waals surface area contributed by atoms with Crippen molar-refractivity contribution in [3.8, 4) is 0 Å². The third-order valence-corrected chi connectivity index (χ3v) is 14.7. The van der Waals surface area contributed by atoms with Gasteiger partial charge in [0.15, 0.2) is 53.6 Å². The normalized spacial score (nSPS) is 13.2. The van der Waals surface area contributed by atoms with E-state index >= 15 is 0 Å². The first kappa shape index (κ1) is 91.1. The highest BCUT2D eigenvalue weighted by atomic mass is 16.2. The Hall–Kier alpha value is -11.9. The van der Waals surface area contributed by atoms with Crippen molar-refractivity contribution in [1.82, 2.24) is 95.7 Å². The van der Waals surface area contributed by atoms with Gasteiger partial charge in [-0.1, -0.05) is 0 Å². The second-order valence-corrected chi connectivity index (χ2v) is 23.5. The van der Waals surface area contributed by atoms with Crippen molar-refractivity contribution in [3.63, 3.8) is 0 Å². The van der Waals surface area contributed by atoms with Crippen LogP contribution in [0.15, 0.2) is 0 Å². The zero-order valence-corrected chi connectivity index (χ0v) is 58.1. The van der Waals surface area contributed by atoms with E-state index in [-0.39, 0.29) is 192 Å². The summed E-state index contributed by atoms with van der Waals surface area (Å²) in [6.45, 7) is 1.50. The van der Waals surface area contributed by atoms with Crippen molar-refractivity contribution in [3.05, 3.63) is 0 Å². The van der Waals surface area contributed by atoms with Gasteiger partial charge in [-0.25, -0.2) is 0 Å². The van der Waals surface area contributed by atoms with E-state index in [0.717, 1.165) is 0 Å². The molecule has 0 aromatic heterocycles. The molecule has 0 saturated carbocycles. The van der Waals surface area contributed by atoms with Gasteiger partial charge in [0.05, 0.1) is 0 Å². The Bertz CT molecular complexity index is 2870. The van der Waals surface area contributed by atoms with Crippen LogP contribution in [-0.4, -0.2) is 226 Å². The number of amides is 10. The van der Waals surface area contributed by atoms with Crippen LogP contribution in [0.25, 0.3) is 0 Å². The molecule has 103 heavy (non-hydrogen) atoms. The molecule has 47 N–H and O–H groups in total. The lowest BCUT2D eigenvalue weighted by Crippen LogP contribution is -2.60. The number of carbonyl (C=O) groups is 10. The van der Waals surface area contributed by atoms with Crippen molar-refractivity contribution in [2.24, 2.45) is 57.3 Å². The second kappa shape index (κ2) is 52.2. The molecule has 0 saturated heterocycles. The molecule has 47 heteroatoms. The van der Waals surface area contributed by atoms with E-state index in [1.165, 1.54) is 6.92 Å². The smallest absolute Gasteiger partial charge is 0.243 e. The zero-order chi connectivity index (χ0) is 78.0. The van der Waals surface area contributed by atoms with Crippen LogP contribution in [0.1, 0.15) is 122 Å². The predicted molar refractivity (Wildman–Crippen MR) is 385 cm³/mol. The maximum absolute atomic E-state index is 14.8.